The molecule has 0 bridgehead atoms. The lowest BCUT2D eigenvalue weighted by Crippen LogP contribution is -2.20. The number of halogens is 4. The van der Waals surface area contributed by atoms with Crippen molar-refractivity contribution in [1.29, 1.82) is 0 Å². The summed E-state index contributed by atoms with van der Waals surface area (Å²) in [5.74, 6) is -0.521. The number of thiophene rings is 1. The van der Waals surface area contributed by atoms with Gasteiger partial charge in [-0.15, -0.1) is 11.3 Å². The van der Waals surface area contributed by atoms with Crippen LogP contribution in [-0.2, 0) is 0 Å². The van der Waals surface area contributed by atoms with E-state index in [2.05, 4.69) is 19.6 Å². The fourth-order valence-electron chi connectivity index (χ4n) is 3.28. The molecule has 0 aliphatic heterocycles. The largest absolute Gasteiger partial charge is 0.435 e. The van der Waals surface area contributed by atoms with Gasteiger partial charge in [0.1, 0.15) is 22.2 Å². The second kappa shape index (κ2) is 9.64. The van der Waals surface area contributed by atoms with E-state index in [0.29, 0.717) is 15.8 Å². The Balaban J connectivity index is 1.77. The van der Waals surface area contributed by atoms with Crippen LogP contribution >= 0.6 is 11.3 Å². The number of rotatable bonds is 7. The Morgan fingerprint density at radius 1 is 1.03 bits per heavy atom. The minimum Gasteiger partial charge on any atom is -0.435 e. The Morgan fingerprint density at radius 2 is 1.74 bits per heavy atom. The van der Waals surface area contributed by atoms with Gasteiger partial charge in [0.05, 0.1) is 11.6 Å². The molecule has 0 fully saturated rings. The second-order valence-corrected chi connectivity index (χ2v) is 8.03. The van der Waals surface area contributed by atoms with Gasteiger partial charge in [0.25, 0.3) is 5.56 Å². The third-order valence-corrected chi connectivity index (χ3v) is 5.72. The lowest BCUT2D eigenvalue weighted by molar-refractivity contribution is -0.0543. The van der Waals surface area contributed by atoms with Crippen molar-refractivity contribution >= 4 is 27.8 Å². The van der Waals surface area contributed by atoms with Gasteiger partial charge in [-0.1, -0.05) is 29.8 Å². The maximum absolute atomic E-state index is 13.3. The molecule has 0 saturated carbocycles. The third-order valence-electron chi connectivity index (χ3n) is 4.85. The molecule has 34 heavy (non-hydrogen) atoms. The summed E-state index contributed by atoms with van der Waals surface area (Å²) >= 11 is 1.33. The van der Waals surface area contributed by atoms with E-state index >= 15 is 0 Å². The molecular formula is C23H17F4N3O3S. The van der Waals surface area contributed by atoms with Crippen molar-refractivity contribution in [3.63, 3.8) is 0 Å². The summed E-state index contributed by atoms with van der Waals surface area (Å²) in [5.41, 5.74) is 2.21. The molecule has 0 amide bonds. The number of hydrogen-bond acceptors (Lipinski definition) is 6. The predicted octanol–water partition coefficient (Wildman–Crippen LogP) is 5.83. The van der Waals surface area contributed by atoms with Gasteiger partial charge in [0, 0.05) is 22.6 Å². The zero-order valence-electron chi connectivity index (χ0n) is 17.8. The summed E-state index contributed by atoms with van der Waals surface area (Å²) in [6.45, 7) is -2.80. The van der Waals surface area contributed by atoms with E-state index in [1.54, 1.807) is 6.92 Å². The average Bonchev–Trinajstić information content (AvgIpc) is 3.18. The van der Waals surface area contributed by atoms with Gasteiger partial charge in [-0.25, -0.2) is 4.98 Å². The minimum atomic E-state index is -3.21. The van der Waals surface area contributed by atoms with Crippen LogP contribution in [0.5, 0.6) is 11.5 Å². The molecule has 6 nitrogen and oxygen atoms in total. The summed E-state index contributed by atoms with van der Waals surface area (Å²) in [6.07, 6.45) is 1.11. The number of ether oxygens (including phenoxy) is 2. The molecule has 4 rings (SSSR count). The number of alkyl halides is 4. The van der Waals surface area contributed by atoms with Crippen LogP contribution in [0.4, 0.5) is 17.6 Å². The van der Waals surface area contributed by atoms with Crippen LogP contribution in [0.2, 0.25) is 0 Å². The van der Waals surface area contributed by atoms with Gasteiger partial charge < -0.3 is 9.47 Å². The van der Waals surface area contributed by atoms with Crippen molar-refractivity contribution in [2.24, 2.45) is 5.10 Å². The molecule has 0 atom stereocenters. The fourth-order valence-corrected chi connectivity index (χ4v) is 4.26. The van der Waals surface area contributed by atoms with Crippen LogP contribution < -0.4 is 15.0 Å². The number of fused-ring (bicyclic) bond motifs is 1. The van der Waals surface area contributed by atoms with Crippen LogP contribution in [0.25, 0.3) is 21.3 Å². The van der Waals surface area contributed by atoms with E-state index in [1.807, 2.05) is 36.6 Å². The van der Waals surface area contributed by atoms with Crippen LogP contribution in [0.15, 0.2) is 57.7 Å². The summed E-state index contributed by atoms with van der Waals surface area (Å²) in [6, 6.07) is 10.9. The quantitative estimate of drug-likeness (QED) is 0.241. The van der Waals surface area contributed by atoms with Crippen molar-refractivity contribution in [3.05, 3.63) is 75.1 Å². The highest BCUT2D eigenvalue weighted by molar-refractivity contribution is 7.17. The summed E-state index contributed by atoms with van der Waals surface area (Å²) < 4.78 is 60.3. The smallest absolute Gasteiger partial charge is 0.387 e. The van der Waals surface area contributed by atoms with Crippen LogP contribution in [-0.4, -0.2) is 29.1 Å². The normalized spacial score (nSPS) is 11.8. The maximum Gasteiger partial charge on any atom is 0.387 e. The zero-order valence-corrected chi connectivity index (χ0v) is 18.7. The molecule has 176 valence electrons. The highest BCUT2D eigenvalue weighted by Crippen LogP contribution is 2.31. The lowest BCUT2D eigenvalue weighted by atomic mass is 10.1. The molecule has 0 spiro atoms. The van der Waals surface area contributed by atoms with Gasteiger partial charge in [-0.05, 0) is 31.5 Å². The monoisotopic (exact) mass is 491 g/mol. The van der Waals surface area contributed by atoms with Crippen molar-refractivity contribution in [1.82, 2.24) is 9.66 Å². The third kappa shape index (κ3) is 4.93. The first kappa shape index (κ1) is 23.4. The highest BCUT2D eigenvalue weighted by Gasteiger charge is 2.16. The van der Waals surface area contributed by atoms with Gasteiger partial charge in [0.2, 0.25) is 0 Å². The van der Waals surface area contributed by atoms with E-state index in [0.717, 1.165) is 34.2 Å². The molecule has 0 radical (unpaired) electrons. The van der Waals surface area contributed by atoms with Crippen molar-refractivity contribution in [2.45, 2.75) is 27.1 Å². The topological polar surface area (TPSA) is 65.7 Å². The van der Waals surface area contributed by atoms with Crippen LogP contribution in [0.3, 0.4) is 0 Å². The van der Waals surface area contributed by atoms with Crippen LogP contribution in [0, 0.1) is 13.8 Å². The average molecular weight is 491 g/mol. The van der Waals surface area contributed by atoms with E-state index in [1.165, 1.54) is 17.4 Å². The van der Waals surface area contributed by atoms with E-state index < -0.39 is 24.5 Å². The Kier molecular flexibility index (Phi) is 6.64. The Labute approximate surface area is 194 Å². The first-order valence-corrected chi connectivity index (χ1v) is 10.8. The maximum atomic E-state index is 13.3. The fraction of sp³-hybridized carbons (Fsp3) is 0.174. The Morgan fingerprint density at radius 3 is 2.41 bits per heavy atom. The molecule has 0 N–H and O–H groups in total. The first-order chi connectivity index (χ1) is 16.2. The summed E-state index contributed by atoms with van der Waals surface area (Å²) in [5, 5.41) is 6.34. The number of benzene rings is 2. The minimum absolute atomic E-state index is 0.0254. The number of aromatic nitrogens is 2. The predicted molar refractivity (Wildman–Crippen MR) is 121 cm³/mol. The van der Waals surface area contributed by atoms with Gasteiger partial charge in [0.15, 0.2) is 0 Å². The van der Waals surface area contributed by atoms with Crippen molar-refractivity contribution in [2.75, 3.05) is 0 Å². The molecule has 0 aliphatic rings. The molecule has 4 aromatic rings. The lowest BCUT2D eigenvalue weighted by Gasteiger charge is -2.11. The van der Waals surface area contributed by atoms with Crippen molar-refractivity contribution in [3.8, 4) is 22.6 Å². The van der Waals surface area contributed by atoms with Gasteiger partial charge in [-0.2, -0.15) is 27.3 Å². The van der Waals surface area contributed by atoms with Crippen molar-refractivity contribution < 1.29 is 27.0 Å². The van der Waals surface area contributed by atoms with E-state index in [4.69, 9.17) is 0 Å². The molecule has 0 unspecified atom stereocenters. The van der Waals surface area contributed by atoms with Gasteiger partial charge >= 0.3 is 13.2 Å². The Hall–Kier alpha value is -3.73. The molecule has 2 aromatic heterocycles. The standard InChI is InChI=1S/C23H17F4N3O3S/c1-12-3-5-14(6-4-12)17-11-34-20-19(17)21(31)30(13(2)29-20)28-10-15-7-8-16(32-22(24)25)9-18(15)33-23(26)27/h3-11,22-23H,1-2H3/b28-10+. The SMILES string of the molecule is Cc1ccc(-c2csc3nc(C)n(/N=C/c4ccc(OC(F)F)cc4OC(F)F)c(=O)c23)cc1. The summed E-state index contributed by atoms with van der Waals surface area (Å²) in [7, 11) is 0. The number of aryl methyl sites for hydroxylation is 2. The van der Waals surface area contributed by atoms with E-state index in [-0.39, 0.29) is 17.1 Å². The molecule has 2 heterocycles. The first-order valence-electron chi connectivity index (χ1n) is 9.89. The Bertz CT molecular complexity index is 1420. The molecule has 0 saturated heterocycles. The molecule has 11 heteroatoms. The number of nitrogens with zero attached hydrogens (tertiary/aromatic N) is 3. The molecular weight excluding hydrogens is 474 g/mol. The molecule has 0 aliphatic carbocycles. The highest BCUT2D eigenvalue weighted by atomic mass is 32.1. The second-order valence-electron chi connectivity index (χ2n) is 7.17. The van der Waals surface area contributed by atoms with Gasteiger partial charge in [-0.3, -0.25) is 4.79 Å². The van der Waals surface area contributed by atoms with Crippen LogP contribution in [0.1, 0.15) is 17.0 Å². The molecule has 2 aromatic carbocycles. The zero-order chi connectivity index (χ0) is 24.4. The summed E-state index contributed by atoms with van der Waals surface area (Å²) in [4.78, 5) is 18.3. The van der Waals surface area contributed by atoms with E-state index in [9.17, 15) is 22.4 Å². The number of hydrogen-bond donors (Lipinski definition) is 0.